The number of rotatable bonds is 6. The summed E-state index contributed by atoms with van der Waals surface area (Å²) in [6.45, 7) is 0.120. The van der Waals surface area contributed by atoms with Gasteiger partial charge in [-0.2, -0.15) is 5.26 Å². The highest BCUT2D eigenvalue weighted by Crippen LogP contribution is 2.23. The number of fused-ring (bicyclic) bond motifs is 1. The summed E-state index contributed by atoms with van der Waals surface area (Å²) in [6, 6.07) is 13.5. The zero-order valence-electron chi connectivity index (χ0n) is 15.5. The van der Waals surface area contributed by atoms with Crippen LogP contribution in [0.4, 0.5) is 0 Å². The van der Waals surface area contributed by atoms with Crippen LogP contribution in [-0.2, 0) is 11.2 Å². The summed E-state index contributed by atoms with van der Waals surface area (Å²) in [5.74, 6) is 0.690. The Morgan fingerprint density at radius 2 is 1.82 bits per heavy atom. The second-order valence-corrected chi connectivity index (χ2v) is 5.95. The fraction of sp³-hybridized carbons (Fsp3) is 0.190. The number of benzene rings is 1. The third kappa shape index (κ3) is 3.81. The Morgan fingerprint density at radius 3 is 2.46 bits per heavy atom. The third-order valence-corrected chi connectivity index (χ3v) is 4.25. The average molecular weight is 378 g/mol. The van der Waals surface area contributed by atoms with E-state index in [0.717, 1.165) is 5.56 Å². The number of hydrogen-bond donors (Lipinski definition) is 0. The first-order valence-corrected chi connectivity index (χ1v) is 8.51. The summed E-state index contributed by atoms with van der Waals surface area (Å²) in [7, 11) is 3.13. The molecule has 0 spiro atoms. The van der Waals surface area contributed by atoms with E-state index in [1.54, 1.807) is 38.5 Å². The molecule has 1 aromatic carbocycles. The van der Waals surface area contributed by atoms with Gasteiger partial charge in [0.25, 0.3) is 5.56 Å². The van der Waals surface area contributed by atoms with E-state index < -0.39 is 11.5 Å². The lowest BCUT2D eigenvalue weighted by Crippen LogP contribution is -2.20. The van der Waals surface area contributed by atoms with Crippen molar-refractivity contribution in [3.8, 4) is 17.6 Å². The minimum atomic E-state index is -0.602. The van der Waals surface area contributed by atoms with Gasteiger partial charge < -0.3 is 14.2 Å². The number of nitriles is 1. The smallest absolute Gasteiger partial charge is 0.340 e. The van der Waals surface area contributed by atoms with Crippen LogP contribution in [0, 0.1) is 11.3 Å². The highest BCUT2D eigenvalue weighted by atomic mass is 16.5. The van der Waals surface area contributed by atoms with Crippen molar-refractivity contribution in [2.45, 2.75) is 6.42 Å². The second kappa shape index (κ2) is 8.27. The molecule has 0 saturated carbocycles. The Morgan fingerprint density at radius 1 is 1.11 bits per heavy atom. The quantitative estimate of drug-likeness (QED) is 0.613. The van der Waals surface area contributed by atoms with E-state index in [-0.39, 0.29) is 17.7 Å². The molecule has 0 amide bonds. The van der Waals surface area contributed by atoms with Gasteiger partial charge in [-0.25, -0.2) is 4.79 Å². The third-order valence-electron chi connectivity index (χ3n) is 4.25. The van der Waals surface area contributed by atoms with E-state index in [2.05, 4.69) is 0 Å². The SMILES string of the molecule is COc1cc(CCOC(=O)c2cc(C#N)c(=O)n3ccccc23)cc(OC)c1. The van der Waals surface area contributed by atoms with Gasteiger partial charge in [0.05, 0.1) is 31.9 Å². The number of aromatic nitrogens is 1. The van der Waals surface area contributed by atoms with Crippen LogP contribution in [0.25, 0.3) is 5.52 Å². The first-order chi connectivity index (χ1) is 13.6. The number of carbonyl (C=O) groups excluding carboxylic acids is 1. The molecule has 0 aliphatic rings. The number of ether oxygens (including phenoxy) is 3. The van der Waals surface area contributed by atoms with Crippen molar-refractivity contribution in [1.82, 2.24) is 4.40 Å². The molecular formula is C21H18N2O5. The van der Waals surface area contributed by atoms with Crippen LogP contribution in [0.15, 0.2) is 53.5 Å². The fourth-order valence-electron chi connectivity index (χ4n) is 2.84. The minimum Gasteiger partial charge on any atom is -0.497 e. The van der Waals surface area contributed by atoms with Gasteiger partial charge >= 0.3 is 5.97 Å². The summed E-state index contributed by atoms with van der Waals surface area (Å²) in [5, 5.41) is 9.17. The van der Waals surface area contributed by atoms with Crippen molar-refractivity contribution < 1.29 is 19.0 Å². The Hall–Kier alpha value is -3.79. The molecule has 0 atom stereocenters. The fourth-order valence-corrected chi connectivity index (χ4v) is 2.84. The summed E-state index contributed by atoms with van der Waals surface area (Å²) in [6.07, 6.45) is 1.97. The van der Waals surface area contributed by atoms with Gasteiger partial charge in [-0.3, -0.25) is 9.20 Å². The predicted molar refractivity (Wildman–Crippen MR) is 102 cm³/mol. The zero-order valence-corrected chi connectivity index (χ0v) is 15.5. The maximum atomic E-state index is 12.6. The van der Waals surface area contributed by atoms with Gasteiger partial charge in [0.15, 0.2) is 0 Å². The number of nitrogens with zero attached hydrogens (tertiary/aromatic N) is 2. The predicted octanol–water partition coefficient (Wildman–Crippen LogP) is 2.59. The standard InChI is InChI=1S/C21H18N2O5/c1-26-16-9-14(10-17(12-16)27-2)6-8-28-21(25)18-11-15(13-22)20(24)23-7-4-3-5-19(18)23/h3-5,7,9-12H,6,8H2,1-2H3. The molecule has 7 nitrogen and oxygen atoms in total. The topological polar surface area (TPSA) is 90.0 Å². The van der Waals surface area contributed by atoms with E-state index in [1.165, 1.54) is 16.7 Å². The number of carbonyl (C=O) groups is 1. The molecule has 0 radical (unpaired) electrons. The van der Waals surface area contributed by atoms with E-state index >= 15 is 0 Å². The van der Waals surface area contributed by atoms with Crippen molar-refractivity contribution in [3.05, 3.63) is 75.7 Å². The molecule has 0 aliphatic heterocycles. The molecule has 3 rings (SSSR count). The Balaban J connectivity index is 1.80. The number of pyridine rings is 2. The molecule has 2 aromatic heterocycles. The van der Waals surface area contributed by atoms with Crippen LogP contribution in [0.2, 0.25) is 0 Å². The van der Waals surface area contributed by atoms with E-state index in [9.17, 15) is 9.59 Å². The highest BCUT2D eigenvalue weighted by molar-refractivity contribution is 5.97. The van der Waals surface area contributed by atoms with Crippen LogP contribution in [0.5, 0.6) is 11.5 Å². The molecule has 0 saturated heterocycles. The van der Waals surface area contributed by atoms with Crippen LogP contribution >= 0.6 is 0 Å². The lowest BCUT2D eigenvalue weighted by molar-refractivity contribution is 0.0511. The van der Waals surface area contributed by atoms with Gasteiger partial charge in [0, 0.05) is 18.7 Å². The lowest BCUT2D eigenvalue weighted by Gasteiger charge is -2.10. The number of hydrogen-bond acceptors (Lipinski definition) is 6. The summed E-state index contributed by atoms with van der Waals surface area (Å²) in [4.78, 5) is 24.8. The van der Waals surface area contributed by atoms with E-state index in [1.807, 2.05) is 18.2 Å². The highest BCUT2D eigenvalue weighted by Gasteiger charge is 2.16. The summed E-state index contributed by atoms with van der Waals surface area (Å²) >= 11 is 0. The molecule has 28 heavy (non-hydrogen) atoms. The number of methoxy groups -OCH3 is 2. The normalized spacial score (nSPS) is 10.3. The second-order valence-electron chi connectivity index (χ2n) is 5.95. The molecule has 3 aromatic rings. The van der Waals surface area contributed by atoms with Crippen molar-refractivity contribution in [2.75, 3.05) is 20.8 Å². The van der Waals surface area contributed by atoms with Crippen LogP contribution < -0.4 is 15.0 Å². The van der Waals surface area contributed by atoms with E-state index in [4.69, 9.17) is 19.5 Å². The largest absolute Gasteiger partial charge is 0.497 e. The van der Waals surface area contributed by atoms with Crippen molar-refractivity contribution in [1.29, 1.82) is 5.26 Å². The Kier molecular flexibility index (Phi) is 5.61. The summed E-state index contributed by atoms with van der Waals surface area (Å²) < 4.78 is 17.1. The van der Waals surface area contributed by atoms with Crippen LogP contribution in [0.1, 0.15) is 21.5 Å². The molecule has 0 fully saturated rings. The monoisotopic (exact) mass is 378 g/mol. The molecule has 142 valence electrons. The van der Waals surface area contributed by atoms with Gasteiger partial charge in [0.1, 0.15) is 23.1 Å². The maximum Gasteiger partial charge on any atom is 0.340 e. The first-order valence-electron chi connectivity index (χ1n) is 8.51. The van der Waals surface area contributed by atoms with Crippen molar-refractivity contribution >= 4 is 11.5 Å². The molecular weight excluding hydrogens is 360 g/mol. The maximum absolute atomic E-state index is 12.6. The van der Waals surface area contributed by atoms with Gasteiger partial charge in [-0.05, 0) is 35.9 Å². The zero-order chi connectivity index (χ0) is 20.1. The van der Waals surface area contributed by atoms with Gasteiger partial charge in [-0.1, -0.05) is 6.07 Å². The van der Waals surface area contributed by atoms with Crippen molar-refractivity contribution in [2.24, 2.45) is 0 Å². The molecule has 2 heterocycles. The molecule has 0 aliphatic carbocycles. The lowest BCUT2D eigenvalue weighted by atomic mass is 10.1. The minimum absolute atomic E-state index is 0.117. The number of esters is 1. The van der Waals surface area contributed by atoms with Gasteiger partial charge in [-0.15, -0.1) is 0 Å². The molecule has 0 bridgehead atoms. The summed E-state index contributed by atoms with van der Waals surface area (Å²) in [5.41, 5.74) is 0.849. The molecule has 0 unspecified atom stereocenters. The van der Waals surface area contributed by atoms with Crippen LogP contribution in [-0.4, -0.2) is 31.2 Å². The van der Waals surface area contributed by atoms with Crippen LogP contribution in [0.3, 0.4) is 0 Å². The molecule has 0 N–H and O–H groups in total. The Labute approximate surface area is 161 Å². The Bertz CT molecular complexity index is 1110. The average Bonchev–Trinajstić information content (AvgIpc) is 2.73. The first kappa shape index (κ1) is 19.0. The molecule has 7 heteroatoms. The van der Waals surface area contributed by atoms with Crippen molar-refractivity contribution in [3.63, 3.8) is 0 Å². The van der Waals surface area contributed by atoms with Gasteiger partial charge in [0.2, 0.25) is 0 Å². The van der Waals surface area contributed by atoms with E-state index in [0.29, 0.717) is 23.4 Å².